The second-order valence-corrected chi connectivity index (χ2v) is 1.46. The molecule has 0 fully saturated rings. The monoisotopic (exact) mass is 113 g/mol. The molecule has 0 saturated carbocycles. The van der Waals surface area contributed by atoms with Gasteiger partial charge in [-0.05, 0) is 6.92 Å². The van der Waals surface area contributed by atoms with Crippen LogP contribution in [-0.4, -0.2) is 4.74 Å². The summed E-state index contributed by atoms with van der Waals surface area (Å²) in [7, 11) is 0. The van der Waals surface area contributed by atoms with Crippen molar-refractivity contribution in [3.63, 3.8) is 0 Å². The van der Waals surface area contributed by atoms with Gasteiger partial charge in [0.1, 0.15) is 0 Å². The molecule has 3 heteroatoms. The maximum Gasteiger partial charge on any atom is 0.357 e. The predicted octanol–water partition coefficient (Wildman–Crippen LogP) is 0.461. The molecule has 0 atom stereocenters. The van der Waals surface area contributed by atoms with Gasteiger partial charge in [0.15, 0.2) is 0 Å². The molecule has 0 aliphatic carbocycles. The molecule has 8 heavy (non-hydrogen) atoms. The Hall–Kier alpha value is -0.990. The zero-order valence-corrected chi connectivity index (χ0v) is 4.63. The number of hydrogen-bond acceptors (Lipinski definition) is 2. The third kappa shape index (κ3) is 0.804. The molecule has 3 nitrogen and oxygen atoms in total. The van der Waals surface area contributed by atoms with Gasteiger partial charge < -0.3 is 4.52 Å². The van der Waals surface area contributed by atoms with E-state index in [1.54, 1.807) is 6.20 Å². The fourth-order valence-corrected chi connectivity index (χ4v) is 0.490. The van der Waals surface area contributed by atoms with Crippen molar-refractivity contribution < 1.29 is 4.52 Å². The molecule has 0 spiro atoms. The van der Waals surface area contributed by atoms with E-state index in [2.05, 4.69) is 4.52 Å². The zero-order chi connectivity index (χ0) is 5.98. The Labute approximate surface area is 46.5 Å². The lowest BCUT2D eigenvalue weighted by Crippen LogP contribution is -1.92. The highest BCUT2D eigenvalue weighted by molar-refractivity contribution is 4.74. The van der Waals surface area contributed by atoms with Crippen LogP contribution in [0.25, 0.3) is 0 Å². The summed E-state index contributed by atoms with van der Waals surface area (Å²) >= 11 is 0. The average molecular weight is 113 g/mol. The SMILES string of the molecule is CCn1ccc(=O)o1. The molecular formula is C5H7NO2. The Morgan fingerprint density at radius 3 is 2.88 bits per heavy atom. The average Bonchev–Trinajstić information content (AvgIpc) is 2.14. The smallest absolute Gasteiger partial charge is 0.337 e. The Morgan fingerprint density at radius 2 is 2.62 bits per heavy atom. The molecule has 1 heterocycles. The van der Waals surface area contributed by atoms with Crippen LogP contribution in [0.1, 0.15) is 6.92 Å². The molecule has 1 aromatic rings. The largest absolute Gasteiger partial charge is 0.357 e. The number of aryl methyl sites for hydroxylation is 1. The van der Waals surface area contributed by atoms with Gasteiger partial charge in [-0.2, -0.15) is 0 Å². The molecule has 0 unspecified atom stereocenters. The van der Waals surface area contributed by atoms with Gasteiger partial charge in [0.25, 0.3) is 0 Å². The minimum atomic E-state index is -0.285. The molecule has 0 saturated heterocycles. The molecule has 0 aliphatic heterocycles. The minimum Gasteiger partial charge on any atom is -0.337 e. The van der Waals surface area contributed by atoms with E-state index in [4.69, 9.17) is 0 Å². The zero-order valence-electron chi connectivity index (χ0n) is 4.63. The van der Waals surface area contributed by atoms with Gasteiger partial charge in [-0.3, -0.25) is 0 Å². The van der Waals surface area contributed by atoms with Crippen LogP contribution in [0.15, 0.2) is 21.6 Å². The molecule has 0 aromatic carbocycles. The van der Waals surface area contributed by atoms with E-state index in [0.717, 1.165) is 0 Å². The van der Waals surface area contributed by atoms with Crippen LogP contribution in [0.5, 0.6) is 0 Å². The third-order valence-corrected chi connectivity index (χ3v) is 0.896. The third-order valence-electron chi connectivity index (χ3n) is 0.896. The number of aromatic nitrogens is 1. The normalized spacial score (nSPS) is 9.62. The van der Waals surface area contributed by atoms with Crippen LogP contribution >= 0.6 is 0 Å². The van der Waals surface area contributed by atoms with Gasteiger partial charge in [-0.25, -0.2) is 9.53 Å². The fourth-order valence-electron chi connectivity index (χ4n) is 0.490. The van der Waals surface area contributed by atoms with Crippen molar-refractivity contribution in [2.45, 2.75) is 13.5 Å². The first-order valence-corrected chi connectivity index (χ1v) is 2.49. The summed E-state index contributed by atoms with van der Waals surface area (Å²) < 4.78 is 6.07. The summed E-state index contributed by atoms with van der Waals surface area (Å²) in [5.74, 6) is 0. The first-order chi connectivity index (χ1) is 3.83. The molecular weight excluding hydrogens is 106 g/mol. The fraction of sp³-hybridized carbons (Fsp3) is 0.400. The first-order valence-electron chi connectivity index (χ1n) is 2.49. The van der Waals surface area contributed by atoms with Gasteiger partial charge in [-0.1, -0.05) is 0 Å². The van der Waals surface area contributed by atoms with Crippen LogP contribution in [0.4, 0.5) is 0 Å². The maximum absolute atomic E-state index is 10.3. The van der Waals surface area contributed by atoms with E-state index >= 15 is 0 Å². The van der Waals surface area contributed by atoms with Crippen LogP contribution in [-0.2, 0) is 6.54 Å². The lowest BCUT2D eigenvalue weighted by molar-refractivity contribution is 0.259. The molecule has 0 amide bonds. The van der Waals surface area contributed by atoms with E-state index in [1.165, 1.54) is 10.8 Å². The van der Waals surface area contributed by atoms with Crippen molar-refractivity contribution in [2.75, 3.05) is 0 Å². The number of hydrogen-bond donors (Lipinski definition) is 0. The highest BCUT2D eigenvalue weighted by atomic mass is 16.5. The van der Waals surface area contributed by atoms with Crippen molar-refractivity contribution in [3.05, 3.63) is 22.7 Å². The van der Waals surface area contributed by atoms with E-state index in [-0.39, 0.29) is 5.63 Å². The van der Waals surface area contributed by atoms with Crippen molar-refractivity contribution in [3.8, 4) is 0 Å². The van der Waals surface area contributed by atoms with Crippen LogP contribution in [0, 0.1) is 0 Å². The van der Waals surface area contributed by atoms with Crippen LogP contribution < -0.4 is 5.63 Å². The topological polar surface area (TPSA) is 35.1 Å². The van der Waals surface area contributed by atoms with Gasteiger partial charge in [-0.15, -0.1) is 0 Å². The summed E-state index contributed by atoms with van der Waals surface area (Å²) in [6, 6.07) is 1.39. The van der Waals surface area contributed by atoms with E-state index in [0.29, 0.717) is 6.54 Å². The van der Waals surface area contributed by atoms with Crippen LogP contribution in [0.3, 0.4) is 0 Å². The van der Waals surface area contributed by atoms with Crippen molar-refractivity contribution in [1.29, 1.82) is 0 Å². The first kappa shape index (κ1) is 5.15. The van der Waals surface area contributed by atoms with Gasteiger partial charge in [0.2, 0.25) is 0 Å². The van der Waals surface area contributed by atoms with E-state index in [1.807, 2.05) is 6.92 Å². The van der Waals surface area contributed by atoms with Crippen molar-refractivity contribution >= 4 is 0 Å². The summed E-state index contributed by atoms with van der Waals surface area (Å²) in [6.07, 6.45) is 1.61. The molecule has 44 valence electrons. The molecule has 0 N–H and O–H groups in total. The number of nitrogens with zero attached hydrogens (tertiary/aromatic N) is 1. The summed E-state index contributed by atoms with van der Waals surface area (Å²) in [5, 5.41) is 0. The van der Waals surface area contributed by atoms with Crippen LogP contribution in [0.2, 0.25) is 0 Å². The van der Waals surface area contributed by atoms with E-state index < -0.39 is 0 Å². The Bertz CT molecular complexity index is 210. The quantitative estimate of drug-likeness (QED) is 0.530. The Kier molecular flexibility index (Phi) is 1.20. The summed E-state index contributed by atoms with van der Waals surface area (Å²) in [4.78, 5) is 10.3. The second-order valence-electron chi connectivity index (χ2n) is 1.46. The lowest BCUT2D eigenvalue weighted by Gasteiger charge is -1.87. The van der Waals surface area contributed by atoms with Crippen molar-refractivity contribution in [1.82, 2.24) is 4.74 Å². The van der Waals surface area contributed by atoms with Gasteiger partial charge in [0, 0.05) is 12.3 Å². The highest BCUT2D eigenvalue weighted by Crippen LogP contribution is 1.79. The molecule has 1 aromatic heterocycles. The molecule has 0 radical (unpaired) electrons. The van der Waals surface area contributed by atoms with Gasteiger partial charge >= 0.3 is 5.63 Å². The lowest BCUT2D eigenvalue weighted by atomic mass is 10.7. The maximum atomic E-state index is 10.3. The van der Waals surface area contributed by atoms with Gasteiger partial charge in [0.05, 0.1) is 6.54 Å². The Balaban J connectivity index is 3.01. The van der Waals surface area contributed by atoms with Crippen molar-refractivity contribution in [2.24, 2.45) is 0 Å². The summed E-state index contributed by atoms with van der Waals surface area (Å²) in [5.41, 5.74) is -0.285. The Morgan fingerprint density at radius 1 is 1.88 bits per heavy atom. The minimum absolute atomic E-state index is 0.285. The molecule has 0 aliphatic rings. The predicted molar refractivity (Wildman–Crippen MR) is 28.6 cm³/mol. The highest BCUT2D eigenvalue weighted by Gasteiger charge is 1.86. The summed E-state index contributed by atoms with van der Waals surface area (Å²) in [6.45, 7) is 2.62. The second kappa shape index (κ2) is 1.86. The number of rotatable bonds is 1. The van der Waals surface area contributed by atoms with E-state index in [9.17, 15) is 4.79 Å². The molecule has 1 rings (SSSR count). The molecule has 0 bridgehead atoms. The standard InChI is InChI=1S/C5H7NO2/c1-2-6-4-3-5(7)8-6/h3-4H,2H2,1H3.